The lowest BCUT2D eigenvalue weighted by molar-refractivity contribution is -0.304. The summed E-state index contributed by atoms with van der Waals surface area (Å²) in [6, 6.07) is 51.2. The lowest BCUT2D eigenvalue weighted by atomic mass is 9.71. The second-order valence-electron chi connectivity index (χ2n) is 38.3. The number of nitrogen functional groups attached to an aromatic ring is 6. The zero-order valence-electron chi connectivity index (χ0n) is 83.1. The minimum Gasteiger partial charge on any atom is -0.399 e. The summed E-state index contributed by atoms with van der Waals surface area (Å²) < 4.78 is 22.9. The Labute approximate surface area is 788 Å². The van der Waals surface area contributed by atoms with Crippen molar-refractivity contribution in [3.63, 3.8) is 0 Å². The Morgan fingerprint density at radius 2 is 0.569 bits per heavy atom. The van der Waals surface area contributed by atoms with Gasteiger partial charge in [0.05, 0.1) is 31.8 Å². The molecule has 0 aromatic heterocycles. The summed E-state index contributed by atoms with van der Waals surface area (Å²) in [6.07, 6.45) is 40.6. The Bertz CT molecular complexity index is 3660. The molecule has 738 valence electrons. The summed E-state index contributed by atoms with van der Waals surface area (Å²) >= 11 is 0. The van der Waals surface area contributed by atoms with Crippen molar-refractivity contribution in [3.05, 3.63) is 168 Å². The summed E-state index contributed by atoms with van der Waals surface area (Å²) in [4.78, 5) is 0. The van der Waals surface area contributed by atoms with Crippen LogP contribution in [0.4, 0.5) is 34.1 Å². The predicted molar refractivity (Wildman–Crippen MR) is 562 cm³/mol. The molecule has 1 spiro atoms. The van der Waals surface area contributed by atoms with Crippen LogP contribution in [-0.2, 0) is 29.8 Å². The van der Waals surface area contributed by atoms with E-state index in [9.17, 15) is 0 Å². The molecule has 2 aliphatic heterocycles. The van der Waals surface area contributed by atoms with E-state index in [1.54, 1.807) is 0 Å². The number of fused-ring (bicyclic) bond motifs is 2. The fourth-order valence-electron chi connectivity index (χ4n) is 17.0. The Morgan fingerprint density at radius 3 is 0.823 bits per heavy atom. The molecule has 7 aromatic rings. The van der Waals surface area contributed by atoms with E-state index in [4.69, 9.17) is 111 Å². The lowest BCUT2D eigenvalue weighted by Crippen LogP contribution is -2.52. The first kappa shape index (κ1) is 117. The molecule has 130 heavy (non-hydrogen) atoms. The lowest BCUT2D eigenvalue weighted by Gasteiger charge is -2.43. The maximum atomic E-state index is 6.06. The summed E-state index contributed by atoms with van der Waals surface area (Å²) in [6.45, 7) is 24.2. The number of nitrogens with one attached hydrogen (secondary N) is 4. The van der Waals surface area contributed by atoms with Crippen LogP contribution in [0.2, 0.25) is 0 Å². The molecule has 7 aromatic carbocycles. The van der Waals surface area contributed by atoms with Crippen molar-refractivity contribution in [1.82, 2.24) is 21.3 Å². The Hall–Kier alpha value is -6.86. The number of hydrogen-bond donors (Lipinski definition) is 20. The van der Waals surface area contributed by atoms with Crippen LogP contribution in [-0.4, -0.2) is 155 Å². The van der Waals surface area contributed by atoms with Gasteiger partial charge in [-0.2, -0.15) is 0 Å². The number of nitrogens with two attached hydrogens (primary N) is 16. The topological polar surface area (TPSA) is 501 Å². The first-order valence-electron chi connectivity index (χ1n) is 49.6. The normalized spacial score (nSPS) is 20.6. The van der Waals surface area contributed by atoms with Gasteiger partial charge in [-0.05, 0) is 299 Å². The standard InChI is InChI=1S/C24H28N2.C13H26N2O4.C11H26N2.2C10H10N2.C10H22N2.2C8H18N2.C8H20N2.C4H12N2/c1-23(2,19-9-13-21(25)14-10-19)17-5-7-18(8-6-17)24(3,4)20-11-15-22(26)16-12-20;14-5-1-3-11-16-7-13(8-17-11)9-18-12(19-10-13)4-2-6-15;12-10-8-6-4-2-1-3-5-7-9-11-13;11-9-5-1-3-7-8(9)4-2-6-10(7)12;11-8-5-1-3-7-4-2-6-9(12)10(7)8;1-9(2,11)8-4-6-10(3,12)7-5-8;2*1-9-7-5-3-4-6-8(7)10-2;9-7-5-3-1-2-4-6-8-10;5-3-1-2-4-6/h5-16H,25-26H2,1-4H3;11-12H,1-10,14-15H2;1-13H2;2*1-6H,11-12H2;8H,4-7,11-12H2,1-3H3;2*7-10H,3-6H2,1-2H3;1-10H2;1-6H2/t;;;;;;2*7-,8-;;/m......10../s1. The van der Waals surface area contributed by atoms with Crippen molar-refractivity contribution in [2.45, 2.75) is 319 Å². The molecule has 0 amide bonds. The van der Waals surface area contributed by atoms with Crippen LogP contribution in [0.1, 0.15) is 283 Å². The average molecular weight is 1810 g/mol. The molecule has 0 unspecified atom stereocenters. The molecule has 3 saturated carbocycles. The van der Waals surface area contributed by atoms with E-state index in [0.29, 0.717) is 69.6 Å². The van der Waals surface area contributed by atoms with Gasteiger partial charge in [-0.3, -0.25) is 0 Å². The third kappa shape index (κ3) is 45.9. The third-order valence-electron chi connectivity index (χ3n) is 26.1. The van der Waals surface area contributed by atoms with Crippen molar-refractivity contribution in [2.75, 3.05) is 141 Å². The Kier molecular flexibility index (Phi) is 60.8. The van der Waals surface area contributed by atoms with Crippen molar-refractivity contribution in [3.8, 4) is 0 Å². The average Bonchev–Trinajstić information content (AvgIpc) is 0.779. The van der Waals surface area contributed by atoms with E-state index in [2.05, 4.69) is 146 Å². The summed E-state index contributed by atoms with van der Waals surface area (Å²) in [5, 5.41) is 17.5. The number of anilines is 6. The highest BCUT2D eigenvalue weighted by Gasteiger charge is 2.42. The SMILES string of the molecule is CC(C)(c1ccc(N)cc1)c1ccc(C(C)(C)c2ccc(N)cc2)cc1.CC1(N)CCC(C(C)(C)N)CC1.CN[C@@H]1CCCC[C@H]1NC.CN[C@H]1CCCC[C@@H]1NC.NCCCC1OCC2(CO1)COC(CCCN)OC2.NCCCCCCCCCCCN.NCCCCCCCCN.NCCCCN.Nc1cccc2c(N)cccc12.Nc1cccc2cccc(N)c12. The Morgan fingerprint density at radius 1 is 0.323 bits per heavy atom. The fourth-order valence-corrected chi connectivity index (χ4v) is 17.0. The van der Waals surface area contributed by atoms with E-state index >= 15 is 0 Å². The minimum absolute atomic E-state index is 0.0174. The van der Waals surface area contributed by atoms with Crippen molar-refractivity contribution in [2.24, 2.45) is 68.7 Å². The second-order valence-corrected chi connectivity index (χ2v) is 38.3. The molecule has 36 N–H and O–H groups in total. The van der Waals surface area contributed by atoms with E-state index in [-0.39, 0.29) is 39.9 Å². The van der Waals surface area contributed by atoms with Gasteiger partial charge in [0.25, 0.3) is 0 Å². The zero-order valence-corrected chi connectivity index (χ0v) is 83.1. The molecule has 24 heteroatoms. The van der Waals surface area contributed by atoms with Crippen LogP contribution in [0.5, 0.6) is 0 Å². The molecule has 12 rings (SSSR count). The number of ether oxygens (including phenoxy) is 4. The molecule has 0 radical (unpaired) electrons. The van der Waals surface area contributed by atoms with Gasteiger partial charge in [0.2, 0.25) is 0 Å². The minimum atomic E-state index is -0.140. The van der Waals surface area contributed by atoms with E-state index < -0.39 is 0 Å². The highest BCUT2D eigenvalue weighted by Crippen LogP contribution is 2.39. The van der Waals surface area contributed by atoms with Crippen LogP contribution in [0, 0.1) is 11.3 Å². The summed E-state index contributed by atoms with van der Waals surface area (Å²) in [5.41, 5.74) is 99.2. The molecule has 5 aliphatic rings. The highest BCUT2D eigenvalue weighted by atomic mass is 16.7. The molecule has 24 nitrogen and oxygen atoms in total. The summed E-state index contributed by atoms with van der Waals surface area (Å²) in [5.74, 6) is 0.661. The molecular weight excluding hydrogens is 1620 g/mol. The molecule has 3 aliphatic carbocycles. The van der Waals surface area contributed by atoms with Crippen LogP contribution < -0.4 is 113 Å². The van der Waals surface area contributed by atoms with Gasteiger partial charge < -0.3 is 132 Å². The van der Waals surface area contributed by atoms with Crippen LogP contribution in [0.15, 0.2) is 146 Å². The molecular formula is C106H190N20O4. The first-order chi connectivity index (χ1) is 62.4. The first-order valence-corrected chi connectivity index (χ1v) is 49.6. The number of hydrogen-bond acceptors (Lipinski definition) is 24. The van der Waals surface area contributed by atoms with Gasteiger partial charge in [0.15, 0.2) is 12.6 Å². The van der Waals surface area contributed by atoms with Gasteiger partial charge in [0.1, 0.15) is 0 Å². The maximum Gasteiger partial charge on any atom is 0.157 e. The van der Waals surface area contributed by atoms with Gasteiger partial charge >= 0.3 is 0 Å². The fraction of sp³-hybridized carbons (Fsp3) is 0.642. The van der Waals surface area contributed by atoms with Crippen LogP contribution in [0.3, 0.4) is 0 Å². The van der Waals surface area contributed by atoms with E-state index in [0.717, 1.165) is 146 Å². The number of rotatable bonds is 35. The Balaban J connectivity index is 0.000000381. The monoisotopic (exact) mass is 1810 g/mol. The predicted octanol–water partition coefficient (Wildman–Crippen LogP) is 16.2. The smallest absolute Gasteiger partial charge is 0.157 e. The van der Waals surface area contributed by atoms with Gasteiger partial charge in [0, 0.05) is 96.4 Å². The van der Waals surface area contributed by atoms with Crippen LogP contribution in [0.25, 0.3) is 21.5 Å². The van der Waals surface area contributed by atoms with Gasteiger partial charge in [-0.1, -0.05) is 221 Å². The van der Waals surface area contributed by atoms with Crippen molar-refractivity contribution < 1.29 is 18.9 Å². The third-order valence-corrected chi connectivity index (χ3v) is 26.1. The molecule has 2 saturated heterocycles. The van der Waals surface area contributed by atoms with E-state index in [1.165, 1.54) is 183 Å². The van der Waals surface area contributed by atoms with Crippen molar-refractivity contribution >= 4 is 55.7 Å². The molecule has 5 fully saturated rings. The largest absolute Gasteiger partial charge is 0.399 e. The molecule has 0 bridgehead atoms. The zero-order chi connectivity index (χ0) is 96.1. The van der Waals surface area contributed by atoms with Gasteiger partial charge in [-0.25, -0.2) is 0 Å². The number of benzene rings is 7. The van der Waals surface area contributed by atoms with Gasteiger partial charge in [-0.15, -0.1) is 0 Å². The van der Waals surface area contributed by atoms with Crippen LogP contribution >= 0.6 is 0 Å². The number of unbranched alkanes of at least 4 members (excludes halogenated alkanes) is 14. The second kappa shape index (κ2) is 67.3. The molecule has 2 heterocycles. The highest BCUT2D eigenvalue weighted by molar-refractivity contribution is 6.01. The van der Waals surface area contributed by atoms with E-state index in [1.807, 2.05) is 97.1 Å². The number of likely N-dealkylation sites (N-methyl/N-ethyl adjacent to an activating group) is 4. The van der Waals surface area contributed by atoms with Crippen molar-refractivity contribution in [1.29, 1.82) is 0 Å². The molecule has 4 atom stereocenters. The summed E-state index contributed by atoms with van der Waals surface area (Å²) in [7, 11) is 8.22. The maximum absolute atomic E-state index is 6.06. The quantitative estimate of drug-likeness (QED) is 0.0130.